The monoisotopic (exact) mass is 398 g/mol. The van der Waals surface area contributed by atoms with Gasteiger partial charge < -0.3 is 10.6 Å². The molecular formula is C20H26N6OS. The van der Waals surface area contributed by atoms with E-state index in [1.165, 1.54) is 0 Å². The highest BCUT2D eigenvalue weighted by atomic mass is 32.2. The molecule has 1 amide bonds. The van der Waals surface area contributed by atoms with Gasteiger partial charge in [-0.1, -0.05) is 50.7 Å². The summed E-state index contributed by atoms with van der Waals surface area (Å²) in [4.78, 5) is 21.6. The van der Waals surface area contributed by atoms with Gasteiger partial charge in [0.1, 0.15) is 5.82 Å². The van der Waals surface area contributed by atoms with Gasteiger partial charge in [-0.25, -0.2) is 14.6 Å². The Morgan fingerprint density at radius 1 is 1.18 bits per heavy atom. The third kappa shape index (κ3) is 5.01. The number of carbonyl (C=O) groups excluding carboxylic acids is 1. The lowest BCUT2D eigenvalue weighted by Gasteiger charge is -2.10. The van der Waals surface area contributed by atoms with Crippen LogP contribution in [0.4, 0.5) is 5.82 Å². The minimum Gasteiger partial charge on any atom is -0.369 e. The summed E-state index contributed by atoms with van der Waals surface area (Å²) < 4.78 is 1.82. The Labute approximate surface area is 169 Å². The van der Waals surface area contributed by atoms with Gasteiger partial charge in [0.05, 0.1) is 18.1 Å². The zero-order valence-electron chi connectivity index (χ0n) is 16.5. The molecule has 0 unspecified atom stereocenters. The Kier molecular flexibility index (Phi) is 6.86. The third-order valence-corrected chi connectivity index (χ3v) is 4.87. The topological polar surface area (TPSA) is 84.7 Å². The number of benzene rings is 1. The van der Waals surface area contributed by atoms with Gasteiger partial charge in [0, 0.05) is 23.9 Å². The van der Waals surface area contributed by atoms with Crippen molar-refractivity contribution in [1.82, 2.24) is 25.1 Å². The number of fused-ring (bicyclic) bond motifs is 1. The van der Waals surface area contributed by atoms with Gasteiger partial charge in [-0.2, -0.15) is 5.10 Å². The molecule has 0 radical (unpaired) electrons. The van der Waals surface area contributed by atoms with E-state index in [-0.39, 0.29) is 5.91 Å². The van der Waals surface area contributed by atoms with Crippen molar-refractivity contribution in [2.75, 3.05) is 18.4 Å². The number of nitrogens with one attached hydrogen (secondary N) is 2. The molecule has 2 N–H and O–H groups in total. The van der Waals surface area contributed by atoms with Crippen LogP contribution >= 0.6 is 11.8 Å². The Morgan fingerprint density at radius 2 is 1.96 bits per heavy atom. The zero-order chi connectivity index (χ0) is 19.9. The summed E-state index contributed by atoms with van der Waals surface area (Å²) in [5, 5.41) is 12.8. The van der Waals surface area contributed by atoms with Crippen molar-refractivity contribution in [3.05, 3.63) is 42.1 Å². The number of nitrogens with zero attached hydrogens (tertiary/aromatic N) is 4. The Morgan fingerprint density at radius 3 is 2.68 bits per heavy atom. The molecule has 0 spiro atoms. The Bertz CT molecular complexity index is 925. The van der Waals surface area contributed by atoms with Crippen molar-refractivity contribution in [3.8, 4) is 0 Å². The predicted molar refractivity (Wildman–Crippen MR) is 114 cm³/mol. The number of hydrogen-bond acceptors (Lipinski definition) is 6. The van der Waals surface area contributed by atoms with Crippen LogP contribution in [0, 0.1) is 0 Å². The van der Waals surface area contributed by atoms with Crippen LogP contribution in [0.5, 0.6) is 0 Å². The molecule has 0 saturated heterocycles. The van der Waals surface area contributed by atoms with Crippen LogP contribution in [0.2, 0.25) is 0 Å². The second-order valence-corrected chi connectivity index (χ2v) is 8.22. The minimum absolute atomic E-state index is 0.0898. The summed E-state index contributed by atoms with van der Waals surface area (Å²) >= 11 is 1.63. The molecule has 8 heteroatoms. The molecule has 0 saturated carbocycles. The van der Waals surface area contributed by atoms with Gasteiger partial charge in [-0.3, -0.25) is 4.79 Å². The van der Waals surface area contributed by atoms with Gasteiger partial charge in [0.2, 0.25) is 0 Å². The van der Waals surface area contributed by atoms with E-state index in [1.54, 1.807) is 30.1 Å². The van der Waals surface area contributed by atoms with Crippen molar-refractivity contribution in [2.24, 2.45) is 0 Å². The van der Waals surface area contributed by atoms with E-state index in [4.69, 9.17) is 4.98 Å². The predicted octanol–water partition coefficient (Wildman–Crippen LogP) is 3.58. The van der Waals surface area contributed by atoms with Crippen LogP contribution in [0.3, 0.4) is 0 Å². The van der Waals surface area contributed by atoms with Crippen molar-refractivity contribution in [3.63, 3.8) is 0 Å². The maximum atomic E-state index is 12.2. The molecule has 2 heterocycles. The number of thioether (sulfide) groups is 1. The maximum absolute atomic E-state index is 12.2. The number of aromatic nitrogens is 4. The average molecular weight is 399 g/mol. The number of hydrogen-bond donors (Lipinski definition) is 2. The van der Waals surface area contributed by atoms with E-state index < -0.39 is 0 Å². The second kappa shape index (κ2) is 9.54. The standard InChI is InChI=1S/C20H26N6OS/c1-4-10-21-17-16-13-23-26(18(16)25-20(24-17)28-14(2)3)12-11-22-19(27)15-8-6-5-7-9-15/h5-9,13-14H,4,10-12H2,1-3H3,(H,22,27)(H,21,24,25). The number of anilines is 1. The smallest absolute Gasteiger partial charge is 0.251 e. The zero-order valence-corrected chi connectivity index (χ0v) is 17.3. The van der Waals surface area contributed by atoms with E-state index in [0.717, 1.165) is 35.0 Å². The average Bonchev–Trinajstić information content (AvgIpc) is 3.09. The Hall–Kier alpha value is -2.61. The third-order valence-electron chi connectivity index (χ3n) is 4.00. The molecular weight excluding hydrogens is 372 g/mol. The molecule has 1 aromatic carbocycles. The van der Waals surface area contributed by atoms with Crippen LogP contribution in [0.15, 0.2) is 41.7 Å². The van der Waals surface area contributed by atoms with Crippen molar-refractivity contribution < 1.29 is 4.79 Å². The second-order valence-electron chi connectivity index (χ2n) is 6.68. The van der Waals surface area contributed by atoms with Crippen LogP contribution < -0.4 is 10.6 Å². The number of rotatable bonds is 9. The van der Waals surface area contributed by atoms with E-state index in [2.05, 4.69) is 41.5 Å². The van der Waals surface area contributed by atoms with E-state index in [9.17, 15) is 4.79 Å². The molecule has 2 aromatic heterocycles. The maximum Gasteiger partial charge on any atom is 0.251 e. The number of amides is 1. The fraction of sp³-hybridized carbons (Fsp3) is 0.400. The van der Waals surface area contributed by atoms with Crippen molar-refractivity contribution in [2.45, 2.75) is 44.1 Å². The summed E-state index contributed by atoms with van der Waals surface area (Å²) in [6.45, 7) is 8.21. The summed E-state index contributed by atoms with van der Waals surface area (Å²) in [5.74, 6) is 0.725. The fourth-order valence-electron chi connectivity index (χ4n) is 2.71. The van der Waals surface area contributed by atoms with E-state index in [1.807, 2.05) is 22.9 Å². The highest BCUT2D eigenvalue weighted by molar-refractivity contribution is 7.99. The highest BCUT2D eigenvalue weighted by Crippen LogP contribution is 2.26. The normalized spacial score (nSPS) is 11.1. The van der Waals surface area contributed by atoms with Gasteiger partial charge in [0.15, 0.2) is 10.8 Å². The van der Waals surface area contributed by atoms with Crippen molar-refractivity contribution in [1.29, 1.82) is 0 Å². The van der Waals surface area contributed by atoms with Gasteiger partial charge in [-0.15, -0.1) is 0 Å². The van der Waals surface area contributed by atoms with Gasteiger partial charge >= 0.3 is 0 Å². The molecule has 0 fully saturated rings. The molecule has 0 bridgehead atoms. The first-order valence-electron chi connectivity index (χ1n) is 9.55. The first-order valence-corrected chi connectivity index (χ1v) is 10.4. The first-order chi connectivity index (χ1) is 13.6. The summed E-state index contributed by atoms with van der Waals surface area (Å²) in [6, 6.07) is 9.19. The first kappa shape index (κ1) is 20.1. The van der Waals surface area contributed by atoms with Gasteiger partial charge in [0.25, 0.3) is 5.91 Å². The van der Waals surface area contributed by atoms with Gasteiger partial charge in [-0.05, 0) is 18.6 Å². The van der Waals surface area contributed by atoms with Crippen LogP contribution in [-0.2, 0) is 6.54 Å². The molecule has 7 nitrogen and oxygen atoms in total. The van der Waals surface area contributed by atoms with E-state index in [0.29, 0.717) is 23.9 Å². The SMILES string of the molecule is CCCNc1nc(SC(C)C)nc2c1cnn2CCNC(=O)c1ccccc1. The van der Waals surface area contributed by atoms with Crippen molar-refractivity contribution >= 4 is 34.5 Å². The summed E-state index contributed by atoms with van der Waals surface area (Å²) in [7, 11) is 0. The molecule has 3 aromatic rings. The lowest BCUT2D eigenvalue weighted by Crippen LogP contribution is -2.27. The molecule has 3 rings (SSSR count). The van der Waals surface area contributed by atoms with Crippen LogP contribution in [0.25, 0.3) is 11.0 Å². The van der Waals surface area contributed by atoms with E-state index >= 15 is 0 Å². The fourth-order valence-corrected chi connectivity index (χ4v) is 3.41. The molecule has 0 aliphatic carbocycles. The highest BCUT2D eigenvalue weighted by Gasteiger charge is 2.14. The minimum atomic E-state index is -0.0898. The lowest BCUT2D eigenvalue weighted by molar-refractivity contribution is 0.0952. The summed E-state index contributed by atoms with van der Waals surface area (Å²) in [5.41, 5.74) is 1.43. The quantitative estimate of drug-likeness (QED) is 0.423. The lowest BCUT2D eigenvalue weighted by atomic mass is 10.2. The molecule has 0 aliphatic rings. The molecule has 28 heavy (non-hydrogen) atoms. The molecule has 0 aliphatic heterocycles. The largest absolute Gasteiger partial charge is 0.369 e. The molecule has 148 valence electrons. The van der Waals surface area contributed by atoms with Crippen LogP contribution in [0.1, 0.15) is 37.6 Å². The summed E-state index contributed by atoms with van der Waals surface area (Å²) in [6.07, 6.45) is 2.80. The Balaban J connectivity index is 1.76. The van der Waals surface area contributed by atoms with Crippen LogP contribution in [-0.4, -0.2) is 44.0 Å². The molecule has 0 atom stereocenters. The number of carbonyl (C=O) groups is 1.